The molecule has 2 atom stereocenters. The average Bonchev–Trinajstić information content (AvgIpc) is 2.78. The minimum atomic E-state index is -0.688. The molecule has 0 bridgehead atoms. The third-order valence-corrected chi connectivity index (χ3v) is 3.03. The predicted molar refractivity (Wildman–Crippen MR) is 74.8 cm³/mol. The maximum atomic E-state index is 12.2. The smallest absolute Gasteiger partial charge is 0.411 e. The Morgan fingerprint density at radius 3 is 2.52 bits per heavy atom. The lowest BCUT2D eigenvalue weighted by Crippen LogP contribution is -2.44. The molecule has 0 spiro atoms. The molecule has 0 aromatic rings. The Kier molecular flexibility index (Phi) is 6.42. The third kappa shape index (κ3) is 5.51. The average molecular weight is 303 g/mol. The number of likely N-dealkylation sites (tertiary alicyclic amines) is 1. The van der Waals surface area contributed by atoms with E-state index in [1.807, 2.05) is 0 Å². The van der Waals surface area contributed by atoms with E-state index in [2.05, 4.69) is 0 Å². The maximum absolute atomic E-state index is 12.2. The van der Waals surface area contributed by atoms with Crippen molar-refractivity contribution in [3.8, 4) is 0 Å². The summed E-state index contributed by atoms with van der Waals surface area (Å²) in [5.74, 6) is -0.456. The number of hydrogen-bond acceptors (Lipinski definition) is 6. The molecule has 7 nitrogen and oxygen atoms in total. The van der Waals surface area contributed by atoms with Crippen molar-refractivity contribution < 1.29 is 28.9 Å². The molecule has 0 saturated carbocycles. The van der Waals surface area contributed by atoms with Crippen LogP contribution in [0.1, 0.15) is 27.2 Å². The van der Waals surface area contributed by atoms with Gasteiger partial charge in [-0.3, -0.25) is 4.90 Å². The minimum absolute atomic E-state index is 0.0641. The molecule has 122 valence electrons. The van der Waals surface area contributed by atoms with Crippen LogP contribution in [0.3, 0.4) is 0 Å². The molecule has 21 heavy (non-hydrogen) atoms. The second-order valence-corrected chi connectivity index (χ2v) is 6.10. The summed E-state index contributed by atoms with van der Waals surface area (Å²) in [4.78, 5) is 25.6. The largest absolute Gasteiger partial charge is 0.462 e. The summed E-state index contributed by atoms with van der Waals surface area (Å²) in [6, 6.07) is -0.688. The van der Waals surface area contributed by atoms with Gasteiger partial charge in [-0.1, -0.05) is 0 Å². The first-order valence-electron chi connectivity index (χ1n) is 7.04. The molecule has 7 heteroatoms. The Labute approximate surface area is 125 Å². The van der Waals surface area contributed by atoms with Gasteiger partial charge in [0.05, 0.1) is 13.2 Å². The third-order valence-electron chi connectivity index (χ3n) is 3.03. The first-order chi connectivity index (χ1) is 9.78. The van der Waals surface area contributed by atoms with Crippen molar-refractivity contribution >= 4 is 12.1 Å². The summed E-state index contributed by atoms with van der Waals surface area (Å²) in [6.07, 6.45) is -0.0655. The highest BCUT2D eigenvalue weighted by Crippen LogP contribution is 2.26. The highest BCUT2D eigenvalue weighted by atomic mass is 16.6. The van der Waals surface area contributed by atoms with Gasteiger partial charge in [0.15, 0.2) is 0 Å². The summed E-state index contributed by atoms with van der Waals surface area (Å²) in [6.45, 7) is 5.84. The highest BCUT2D eigenvalue weighted by molar-refractivity contribution is 5.82. The van der Waals surface area contributed by atoms with Crippen molar-refractivity contribution in [2.75, 3.05) is 33.5 Å². The number of methoxy groups -OCH3 is 1. The molecule has 0 aromatic heterocycles. The number of carbonyl (C=O) groups excluding carboxylic acids is 2. The Balaban J connectivity index is 2.75. The van der Waals surface area contributed by atoms with Crippen LogP contribution in [-0.2, 0) is 19.0 Å². The zero-order valence-corrected chi connectivity index (χ0v) is 13.1. The van der Waals surface area contributed by atoms with E-state index in [4.69, 9.17) is 19.3 Å². The predicted octanol–water partition coefficient (Wildman–Crippen LogP) is 0.794. The van der Waals surface area contributed by atoms with Crippen molar-refractivity contribution in [3.05, 3.63) is 0 Å². The fourth-order valence-electron chi connectivity index (χ4n) is 2.27. The van der Waals surface area contributed by atoms with Crippen LogP contribution in [0.5, 0.6) is 0 Å². The molecule has 1 aliphatic heterocycles. The van der Waals surface area contributed by atoms with Gasteiger partial charge in [0.1, 0.15) is 18.2 Å². The molecular weight excluding hydrogens is 278 g/mol. The van der Waals surface area contributed by atoms with Gasteiger partial charge in [0.2, 0.25) is 0 Å². The van der Waals surface area contributed by atoms with Crippen molar-refractivity contribution in [2.24, 2.45) is 5.92 Å². The Morgan fingerprint density at radius 1 is 1.33 bits per heavy atom. The van der Waals surface area contributed by atoms with E-state index in [0.29, 0.717) is 19.6 Å². The Hall–Kier alpha value is -1.34. The van der Waals surface area contributed by atoms with Gasteiger partial charge in [-0.05, 0) is 27.2 Å². The zero-order valence-electron chi connectivity index (χ0n) is 13.1. The molecule has 1 heterocycles. The number of nitrogens with zero attached hydrogens (tertiary/aromatic N) is 1. The van der Waals surface area contributed by atoms with Crippen molar-refractivity contribution in [2.45, 2.75) is 38.8 Å². The van der Waals surface area contributed by atoms with Crippen molar-refractivity contribution in [1.29, 1.82) is 0 Å². The van der Waals surface area contributed by atoms with Crippen LogP contribution in [0.4, 0.5) is 4.79 Å². The molecular formula is C14H25NO6. The molecule has 1 amide bonds. The number of rotatable bonds is 5. The number of ether oxygens (including phenoxy) is 3. The summed E-state index contributed by atoms with van der Waals surface area (Å²) in [7, 11) is 1.58. The Bertz CT molecular complexity index is 365. The van der Waals surface area contributed by atoms with Crippen LogP contribution in [0.15, 0.2) is 0 Å². The molecule has 0 unspecified atom stereocenters. The highest BCUT2D eigenvalue weighted by Gasteiger charge is 2.42. The number of carbonyl (C=O) groups is 2. The Morgan fingerprint density at radius 2 is 2.00 bits per heavy atom. The molecule has 1 rings (SSSR count). The van der Waals surface area contributed by atoms with Crippen LogP contribution in [0, 0.1) is 5.92 Å². The number of aliphatic hydroxyl groups is 1. The summed E-state index contributed by atoms with van der Waals surface area (Å²) >= 11 is 0. The van der Waals surface area contributed by atoms with Crippen molar-refractivity contribution in [1.82, 2.24) is 4.90 Å². The molecule has 1 aliphatic rings. The second kappa shape index (κ2) is 7.61. The maximum Gasteiger partial charge on any atom is 0.411 e. The fraction of sp³-hybridized carbons (Fsp3) is 0.857. The molecule has 1 fully saturated rings. The standard InChI is InChI=1S/C14H25NO6/c1-14(2,3)21-13(18)15-8-10(9-19-4)7-11(15)12(17)20-6-5-16/h10-11,16H,5-9H2,1-4H3/t10-,11-/m0/s1. The van der Waals surface area contributed by atoms with E-state index in [1.165, 1.54) is 4.90 Å². The molecule has 1 N–H and O–H groups in total. The fourth-order valence-corrected chi connectivity index (χ4v) is 2.27. The summed E-state index contributed by atoms with van der Waals surface area (Å²) in [5, 5.41) is 8.72. The van der Waals surface area contributed by atoms with Crippen LogP contribution < -0.4 is 0 Å². The lowest BCUT2D eigenvalue weighted by atomic mass is 10.1. The quantitative estimate of drug-likeness (QED) is 0.756. The van der Waals surface area contributed by atoms with Gasteiger partial charge in [0, 0.05) is 19.6 Å². The van der Waals surface area contributed by atoms with E-state index in [0.717, 1.165) is 0 Å². The second-order valence-electron chi connectivity index (χ2n) is 6.10. The van der Waals surface area contributed by atoms with E-state index in [9.17, 15) is 9.59 Å². The number of amides is 1. The van der Waals surface area contributed by atoms with Gasteiger partial charge >= 0.3 is 12.1 Å². The summed E-state index contributed by atoms with van der Waals surface area (Å²) in [5.41, 5.74) is -0.629. The van der Waals surface area contributed by atoms with Gasteiger partial charge in [-0.15, -0.1) is 0 Å². The first kappa shape index (κ1) is 17.7. The topological polar surface area (TPSA) is 85.3 Å². The number of hydrogen-bond donors (Lipinski definition) is 1. The van der Waals surface area contributed by atoms with E-state index in [1.54, 1.807) is 27.9 Å². The van der Waals surface area contributed by atoms with Gasteiger partial charge in [-0.2, -0.15) is 0 Å². The van der Waals surface area contributed by atoms with E-state index >= 15 is 0 Å². The normalized spacial score (nSPS) is 22.2. The van der Waals surface area contributed by atoms with Crippen molar-refractivity contribution in [3.63, 3.8) is 0 Å². The van der Waals surface area contributed by atoms with Crippen LogP contribution in [0.25, 0.3) is 0 Å². The van der Waals surface area contributed by atoms with E-state index < -0.39 is 23.7 Å². The van der Waals surface area contributed by atoms with Crippen LogP contribution in [0.2, 0.25) is 0 Å². The number of aliphatic hydroxyl groups excluding tert-OH is 1. The SMILES string of the molecule is COC[C@H]1C[C@@H](C(=O)OCCO)N(C(=O)OC(C)(C)C)C1. The molecule has 1 saturated heterocycles. The summed E-state index contributed by atoms with van der Waals surface area (Å²) < 4.78 is 15.3. The van der Waals surface area contributed by atoms with Crippen LogP contribution in [-0.4, -0.2) is 67.2 Å². The number of esters is 1. The lowest BCUT2D eigenvalue weighted by Gasteiger charge is -2.27. The van der Waals surface area contributed by atoms with Gasteiger partial charge < -0.3 is 19.3 Å². The molecule has 0 aliphatic carbocycles. The molecule has 0 radical (unpaired) electrons. The lowest BCUT2D eigenvalue weighted by molar-refractivity contribution is -0.149. The van der Waals surface area contributed by atoms with Crippen LogP contribution >= 0.6 is 0 Å². The molecule has 0 aromatic carbocycles. The monoisotopic (exact) mass is 303 g/mol. The van der Waals surface area contributed by atoms with Gasteiger partial charge in [0.25, 0.3) is 0 Å². The first-order valence-corrected chi connectivity index (χ1v) is 7.04. The zero-order chi connectivity index (χ0) is 16.0. The van der Waals surface area contributed by atoms with E-state index in [-0.39, 0.29) is 19.1 Å². The van der Waals surface area contributed by atoms with Gasteiger partial charge in [-0.25, -0.2) is 9.59 Å². The minimum Gasteiger partial charge on any atom is -0.462 e.